The second kappa shape index (κ2) is 16.1. The molecule has 0 nitrogen and oxygen atoms in total. The van der Waals surface area contributed by atoms with Gasteiger partial charge in [-0.2, -0.15) is 11.6 Å². The van der Waals surface area contributed by atoms with Crippen LogP contribution in [0.1, 0.15) is 114 Å². The summed E-state index contributed by atoms with van der Waals surface area (Å²) in [5.41, 5.74) is 5.14. The molecule has 3 saturated carbocycles. The molecule has 2 aromatic carbocycles. The zero-order valence-corrected chi connectivity index (χ0v) is 40.5. The number of allylic oxidation sites excluding steroid dienone is 16. The van der Waals surface area contributed by atoms with E-state index >= 15 is 0 Å². The van der Waals surface area contributed by atoms with E-state index in [1.807, 2.05) is 0 Å². The van der Waals surface area contributed by atoms with E-state index in [4.69, 9.17) is 0 Å². The molecule has 0 bridgehead atoms. The van der Waals surface area contributed by atoms with Crippen molar-refractivity contribution >= 4 is 14.0 Å². The third kappa shape index (κ3) is 6.39. The summed E-state index contributed by atoms with van der Waals surface area (Å²) in [6.07, 6.45) is 44.3. The monoisotopic (exact) mass is 874 g/mol. The van der Waals surface area contributed by atoms with Crippen molar-refractivity contribution in [2.24, 2.45) is 55.2 Å². The van der Waals surface area contributed by atoms with Gasteiger partial charge in [-0.25, -0.2) is 6.08 Å². The summed E-state index contributed by atoms with van der Waals surface area (Å²) in [6, 6.07) is 15.1. The van der Waals surface area contributed by atoms with Crippen LogP contribution in [-0.4, -0.2) is 3.21 Å². The van der Waals surface area contributed by atoms with Gasteiger partial charge in [0.25, 0.3) is 0 Å². The van der Waals surface area contributed by atoms with E-state index in [2.05, 4.69) is 210 Å². The van der Waals surface area contributed by atoms with Crippen LogP contribution in [0.4, 0.5) is 0 Å². The molecule has 0 N–H and O–H groups in total. The molecule has 302 valence electrons. The Morgan fingerprint density at radius 1 is 0.719 bits per heavy atom. The minimum absolute atomic E-state index is 0. The summed E-state index contributed by atoms with van der Waals surface area (Å²) in [4.78, 5) is 0. The van der Waals surface area contributed by atoms with Crippen molar-refractivity contribution in [3.05, 3.63) is 151 Å². The van der Waals surface area contributed by atoms with Crippen LogP contribution in [0.2, 0.25) is 0 Å². The second-order valence-electron chi connectivity index (χ2n) is 19.7. The number of rotatable bonds is 2. The first-order chi connectivity index (χ1) is 25.9. The maximum absolute atomic E-state index is 3.37. The third-order valence-corrected chi connectivity index (χ3v) is 18.5. The number of hydrogen-bond acceptors (Lipinski definition) is 0. The molecule has 9 atom stereocenters. The van der Waals surface area contributed by atoms with Crippen molar-refractivity contribution in [1.82, 2.24) is 0 Å². The molecule has 0 amide bonds. The molecule has 0 spiro atoms. The number of benzene rings is 2. The molecule has 3 heteroatoms. The molecule has 0 radical (unpaired) electrons. The summed E-state index contributed by atoms with van der Waals surface area (Å²) in [5, 5.41) is 2.66. The van der Waals surface area contributed by atoms with Crippen LogP contribution < -0.4 is 24.8 Å². The Bertz CT molecular complexity index is 2120. The molecule has 3 fully saturated rings. The fraction of sp³-hybridized carbons (Fsp3) is 0.481. The van der Waals surface area contributed by atoms with Crippen LogP contribution in [0.3, 0.4) is 0 Å². The van der Waals surface area contributed by atoms with Gasteiger partial charge in [-0.1, -0.05) is 172 Å². The molecule has 0 saturated heterocycles. The van der Waals surface area contributed by atoms with Crippen LogP contribution in [0.25, 0.3) is 10.8 Å². The maximum atomic E-state index is 3.37. The first-order valence-electron chi connectivity index (χ1n) is 21.2. The zero-order chi connectivity index (χ0) is 39.7. The van der Waals surface area contributed by atoms with Crippen LogP contribution in [0, 0.1) is 67.7 Å². The van der Waals surface area contributed by atoms with Gasteiger partial charge >= 0.3 is 93.2 Å². The van der Waals surface area contributed by atoms with Gasteiger partial charge in [-0.15, -0.1) is 17.4 Å². The Labute approximate surface area is 374 Å². The number of hydrogen-bond donors (Lipinski definition) is 0. The largest absolute Gasteiger partial charge is 1.00 e. The Morgan fingerprint density at radius 2 is 1.28 bits per heavy atom. The maximum Gasteiger partial charge on any atom is -1.00 e. The normalized spacial score (nSPS) is 39.7. The average molecular weight is 877 g/mol. The molecule has 9 unspecified atom stereocenters. The quantitative estimate of drug-likeness (QED) is 0.266. The van der Waals surface area contributed by atoms with E-state index < -0.39 is 0 Å². The molecule has 7 aliphatic rings. The first-order valence-corrected chi connectivity index (χ1v) is 22.4. The number of fused-ring (bicyclic) bond motifs is 9. The fourth-order valence-corrected chi connectivity index (χ4v) is 13.6. The predicted octanol–water partition coefficient (Wildman–Crippen LogP) is 8.47. The summed E-state index contributed by atoms with van der Waals surface area (Å²) in [5.74, 6) is 1.01. The van der Waals surface area contributed by atoms with E-state index in [-0.39, 0.29) is 62.7 Å². The van der Waals surface area contributed by atoms with Gasteiger partial charge in [-0.3, -0.25) is 6.08 Å². The van der Waals surface area contributed by atoms with Crippen molar-refractivity contribution in [3.63, 3.8) is 0 Å². The second-order valence-corrected chi connectivity index (χ2v) is 21.6. The van der Waals surface area contributed by atoms with Crippen LogP contribution in [0.5, 0.6) is 0 Å². The van der Waals surface area contributed by atoms with Gasteiger partial charge < -0.3 is 31.2 Å². The van der Waals surface area contributed by atoms with Gasteiger partial charge in [0.15, 0.2) is 0 Å². The topological polar surface area (TPSA) is 0 Å². The Balaban J connectivity index is 0.000000185. The van der Waals surface area contributed by atoms with Gasteiger partial charge in [0, 0.05) is 10.8 Å². The average Bonchev–Trinajstić information content (AvgIpc) is 3.70. The van der Waals surface area contributed by atoms with Crippen molar-refractivity contribution in [3.8, 4) is 0 Å². The Morgan fingerprint density at radius 3 is 1.86 bits per heavy atom. The van der Waals surface area contributed by atoms with E-state index in [1.165, 1.54) is 81.5 Å². The van der Waals surface area contributed by atoms with Gasteiger partial charge in [0.05, 0.1) is 0 Å². The van der Waals surface area contributed by atoms with Crippen LogP contribution >= 0.6 is 0 Å². The molecule has 0 heterocycles. The van der Waals surface area contributed by atoms with E-state index in [9.17, 15) is 0 Å². The minimum Gasteiger partial charge on any atom is -1.00 e. The standard InChI is InChI=1S/C29H37.C13H19.C12H10.2ClH.Zr/c1-21-14-13-15-22-20-27(6)25(4)18-10-9-16-23(25,2)24(3)17-11-12-19-26(24,5)29(27,8)28(21,22)7;1-11-6-7-12(10-11)13(2)8-4-3-5-9-13;1-2-10-7-8-11-5-3-4-6-12(11)9-10;;;/h9-20,22H,1-8H3;7,10-11H,3-5,8-9H2,1-2H3;3-9H,1H3;2*1H;/q2*-1;;;;+2/p-2. The van der Waals surface area contributed by atoms with E-state index in [1.54, 1.807) is 5.57 Å². The first kappa shape index (κ1) is 46.0. The smallest absolute Gasteiger partial charge is 1.00 e. The minimum atomic E-state index is 0. The molecule has 0 aromatic heterocycles. The van der Waals surface area contributed by atoms with Gasteiger partial charge in [-0.05, 0) is 28.6 Å². The van der Waals surface area contributed by atoms with E-state index in [0.717, 1.165) is 0 Å². The summed E-state index contributed by atoms with van der Waals surface area (Å²) in [7, 11) is 0. The SMILES string of the molecule is CC1=CC=CC2[CH-]C3(C)C4(C)C=CC=CC4(C)C4(C)C=CC=CC4(C)C3(C)C12C.CC1[C-]=CC(C2(C)CCCCC2)=C1.C[C](=[Zr+2])c1ccc2ccccc2c1.[Cl-].[Cl-]. The molecular weight excluding hydrogens is 811 g/mol. The molecule has 0 aliphatic heterocycles. The summed E-state index contributed by atoms with van der Waals surface area (Å²) >= 11 is 1.50. The van der Waals surface area contributed by atoms with Crippen LogP contribution in [0.15, 0.2) is 133 Å². The summed E-state index contributed by atoms with van der Waals surface area (Å²) < 4.78 is 1.46. The van der Waals surface area contributed by atoms with E-state index in [0.29, 0.717) is 17.3 Å². The summed E-state index contributed by atoms with van der Waals surface area (Å²) in [6.45, 7) is 27.1. The fourth-order valence-electron chi connectivity index (χ4n) is 13.2. The van der Waals surface area contributed by atoms with Gasteiger partial charge in [0.1, 0.15) is 0 Å². The van der Waals surface area contributed by atoms with Crippen molar-refractivity contribution in [2.45, 2.75) is 108 Å². The van der Waals surface area contributed by atoms with Crippen molar-refractivity contribution in [2.75, 3.05) is 0 Å². The molecule has 2 aromatic rings. The predicted molar refractivity (Wildman–Crippen MR) is 234 cm³/mol. The zero-order valence-electron chi connectivity index (χ0n) is 36.6. The van der Waals surface area contributed by atoms with Crippen molar-refractivity contribution in [1.29, 1.82) is 0 Å². The molecular formula is C54H66Cl2Zr-2. The Hall–Kier alpha value is -2.05. The molecule has 57 heavy (non-hydrogen) atoms. The van der Waals surface area contributed by atoms with Crippen molar-refractivity contribution < 1.29 is 49.0 Å². The molecule has 7 aliphatic carbocycles. The third-order valence-electron chi connectivity index (χ3n) is 17.8. The number of halogens is 2. The molecule has 9 rings (SSSR count). The Kier molecular flexibility index (Phi) is 13.0. The van der Waals surface area contributed by atoms with Crippen LogP contribution in [-0.2, 0) is 24.2 Å². The van der Waals surface area contributed by atoms with Gasteiger partial charge in [0.2, 0.25) is 0 Å².